The highest BCUT2D eigenvalue weighted by molar-refractivity contribution is 5.96. The van der Waals surface area contributed by atoms with Gasteiger partial charge in [-0.1, -0.05) is 0 Å². The highest BCUT2D eigenvalue weighted by Gasteiger charge is 2.11. The van der Waals surface area contributed by atoms with Crippen LogP contribution in [0.25, 0.3) is 0 Å². The number of amides is 1. The summed E-state index contributed by atoms with van der Waals surface area (Å²) in [4.78, 5) is 21.5. The Kier molecular flexibility index (Phi) is 3.82. The molecule has 1 amide bonds. The van der Waals surface area contributed by atoms with Crippen molar-refractivity contribution in [1.29, 1.82) is 0 Å². The molecule has 0 unspecified atom stereocenters. The lowest BCUT2D eigenvalue weighted by Gasteiger charge is -2.05. The third-order valence-electron chi connectivity index (χ3n) is 1.83. The Labute approximate surface area is 90.5 Å². The fourth-order valence-electron chi connectivity index (χ4n) is 1.07. The van der Waals surface area contributed by atoms with Crippen molar-refractivity contribution >= 4 is 11.9 Å². The second kappa shape index (κ2) is 5.11. The topological polar surface area (TPSA) is 86.6 Å². The number of phenolic OH excluding ortho intramolecular Hbond substituents is 1. The monoisotopic (exact) mass is 227 g/mol. The van der Waals surface area contributed by atoms with Crippen LogP contribution in [0, 0.1) is 5.82 Å². The first kappa shape index (κ1) is 12.0. The Hall–Kier alpha value is -2.11. The Bertz CT molecular complexity index is 419. The van der Waals surface area contributed by atoms with Gasteiger partial charge in [-0.25, -0.2) is 4.39 Å². The number of hydrogen-bond donors (Lipinski definition) is 3. The van der Waals surface area contributed by atoms with E-state index < -0.39 is 17.7 Å². The number of rotatable bonds is 4. The molecule has 0 heterocycles. The smallest absolute Gasteiger partial charge is 0.305 e. The molecule has 0 aliphatic rings. The van der Waals surface area contributed by atoms with E-state index in [4.69, 9.17) is 5.11 Å². The molecular formula is C10H10FNO4. The summed E-state index contributed by atoms with van der Waals surface area (Å²) in [6, 6.07) is 2.95. The van der Waals surface area contributed by atoms with Crippen molar-refractivity contribution in [3.05, 3.63) is 29.6 Å². The number of nitrogens with one attached hydrogen (secondary N) is 1. The minimum atomic E-state index is -1.05. The van der Waals surface area contributed by atoms with Crippen LogP contribution in [0.5, 0.6) is 5.75 Å². The summed E-state index contributed by atoms with van der Waals surface area (Å²) < 4.78 is 12.8. The van der Waals surface area contributed by atoms with Gasteiger partial charge < -0.3 is 15.5 Å². The molecule has 3 N–H and O–H groups in total. The molecule has 0 aliphatic carbocycles. The molecule has 0 atom stereocenters. The van der Waals surface area contributed by atoms with Gasteiger partial charge in [-0.3, -0.25) is 9.59 Å². The van der Waals surface area contributed by atoms with Gasteiger partial charge in [0, 0.05) is 6.54 Å². The molecule has 0 fully saturated rings. The number of halogens is 1. The van der Waals surface area contributed by atoms with Crippen LogP contribution in [-0.4, -0.2) is 28.6 Å². The third kappa shape index (κ3) is 3.23. The summed E-state index contributed by atoms with van der Waals surface area (Å²) in [5, 5.41) is 19.9. The van der Waals surface area contributed by atoms with E-state index >= 15 is 0 Å². The molecule has 6 heteroatoms. The third-order valence-corrected chi connectivity index (χ3v) is 1.83. The van der Waals surface area contributed by atoms with Crippen LogP contribution in [0.15, 0.2) is 18.2 Å². The lowest BCUT2D eigenvalue weighted by Crippen LogP contribution is -2.26. The zero-order chi connectivity index (χ0) is 12.1. The van der Waals surface area contributed by atoms with Gasteiger partial charge in [0.2, 0.25) is 0 Å². The number of carbonyl (C=O) groups is 2. The van der Waals surface area contributed by atoms with Gasteiger partial charge in [0.25, 0.3) is 5.91 Å². The van der Waals surface area contributed by atoms with Crippen LogP contribution in [0.4, 0.5) is 4.39 Å². The second-order valence-corrected chi connectivity index (χ2v) is 3.06. The van der Waals surface area contributed by atoms with Crippen LogP contribution in [-0.2, 0) is 4.79 Å². The summed E-state index contributed by atoms with van der Waals surface area (Å²) in [7, 11) is 0. The van der Waals surface area contributed by atoms with Crippen molar-refractivity contribution in [3.63, 3.8) is 0 Å². The fourth-order valence-corrected chi connectivity index (χ4v) is 1.07. The average Bonchev–Trinajstić information content (AvgIpc) is 2.21. The number of benzene rings is 1. The number of aromatic hydroxyl groups is 1. The van der Waals surface area contributed by atoms with E-state index in [1.807, 2.05) is 0 Å². The number of aliphatic carboxylic acids is 1. The molecule has 1 rings (SSSR count). The molecule has 1 aromatic rings. The Morgan fingerprint density at radius 2 is 2.06 bits per heavy atom. The predicted molar refractivity (Wildman–Crippen MR) is 52.7 cm³/mol. The average molecular weight is 227 g/mol. The van der Waals surface area contributed by atoms with Crippen LogP contribution >= 0.6 is 0 Å². The minimum Gasteiger partial charge on any atom is -0.507 e. The van der Waals surface area contributed by atoms with E-state index in [1.54, 1.807) is 0 Å². The van der Waals surface area contributed by atoms with Gasteiger partial charge in [0.1, 0.15) is 11.6 Å². The fraction of sp³-hybridized carbons (Fsp3) is 0.200. The van der Waals surface area contributed by atoms with Gasteiger partial charge in [0.05, 0.1) is 12.0 Å². The summed E-state index contributed by atoms with van der Waals surface area (Å²) in [6.45, 7) is -0.0792. The zero-order valence-corrected chi connectivity index (χ0v) is 8.24. The highest BCUT2D eigenvalue weighted by Crippen LogP contribution is 2.17. The van der Waals surface area contributed by atoms with Crippen molar-refractivity contribution in [2.24, 2.45) is 0 Å². The quantitative estimate of drug-likeness (QED) is 0.707. The number of carboxylic acids is 1. The summed E-state index contributed by atoms with van der Waals surface area (Å²) in [6.07, 6.45) is -0.234. The minimum absolute atomic E-state index is 0.0792. The van der Waals surface area contributed by atoms with Crippen molar-refractivity contribution in [1.82, 2.24) is 5.32 Å². The second-order valence-electron chi connectivity index (χ2n) is 3.06. The van der Waals surface area contributed by atoms with Crippen molar-refractivity contribution in [2.45, 2.75) is 6.42 Å². The number of carbonyl (C=O) groups excluding carboxylic acids is 1. The summed E-state index contributed by atoms with van der Waals surface area (Å²) in [5.41, 5.74) is -0.217. The maximum atomic E-state index is 12.8. The number of carboxylic acid groups (broad SMARTS) is 1. The van der Waals surface area contributed by atoms with E-state index in [0.29, 0.717) is 0 Å². The molecule has 1 aromatic carbocycles. The molecule has 86 valence electrons. The highest BCUT2D eigenvalue weighted by atomic mass is 19.1. The predicted octanol–water partition coefficient (Wildman–Crippen LogP) is 0.736. The summed E-state index contributed by atoms with van der Waals surface area (Å²) >= 11 is 0. The SMILES string of the molecule is O=C(O)CCNC(=O)c1cc(F)ccc1O. The van der Waals surface area contributed by atoms with Crippen LogP contribution < -0.4 is 5.32 Å². The maximum Gasteiger partial charge on any atom is 0.305 e. The lowest BCUT2D eigenvalue weighted by molar-refractivity contribution is -0.136. The molecule has 0 bridgehead atoms. The molecule has 0 saturated carbocycles. The normalized spacial score (nSPS) is 9.81. The van der Waals surface area contributed by atoms with Gasteiger partial charge in [-0.15, -0.1) is 0 Å². The largest absolute Gasteiger partial charge is 0.507 e. The number of phenols is 1. The van der Waals surface area contributed by atoms with E-state index in [2.05, 4.69) is 5.32 Å². The molecule has 0 radical (unpaired) electrons. The molecule has 0 spiro atoms. The first-order valence-electron chi connectivity index (χ1n) is 4.49. The Morgan fingerprint density at radius 1 is 1.38 bits per heavy atom. The van der Waals surface area contributed by atoms with Gasteiger partial charge in [0.15, 0.2) is 0 Å². The van der Waals surface area contributed by atoms with Crippen LogP contribution in [0.3, 0.4) is 0 Å². The first-order chi connectivity index (χ1) is 7.50. The molecule has 0 aliphatic heterocycles. The van der Waals surface area contributed by atoms with Crippen LogP contribution in [0.1, 0.15) is 16.8 Å². The van der Waals surface area contributed by atoms with Crippen molar-refractivity contribution < 1.29 is 24.2 Å². The van der Waals surface area contributed by atoms with E-state index in [0.717, 1.165) is 18.2 Å². The molecular weight excluding hydrogens is 217 g/mol. The molecule has 0 aromatic heterocycles. The Balaban J connectivity index is 2.65. The maximum absolute atomic E-state index is 12.8. The van der Waals surface area contributed by atoms with Gasteiger partial charge in [-0.05, 0) is 18.2 Å². The summed E-state index contributed by atoms with van der Waals surface area (Å²) in [5.74, 6) is -2.77. The zero-order valence-electron chi connectivity index (χ0n) is 8.24. The molecule has 0 saturated heterocycles. The van der Waals surface area contributed by atoms with E-state index in [9.17, 15) is 19.1 Å². The van der Waals surface area contributed by atoms with Gasteiger partial charge in [-0.2, -0.15) is 0 Å². The van der Waals surface area contributed by atoms with Crippen molar-refractivity contribution in [3.8, 4) is 5.75 Å². The first-order valence-corrected chi connectivity index (χ1v) is 4.49. The van der Waals surface area contributed by atoms with Crippen molar-refractivity contribution in [2.75, 3.05) is 6.54 Å². The van der Waals surface area contributed by atoms with Crippen LogP contribution in [0.2, 0.25) is 0 Å². The van der Waals surface area contributed by atoms with E-state index in [1.165, 1.54) is 0 Å². The van der Waals surface area contributed by atoms with E-state index in [-0.39, 0.29) is 24.3 Å². The Morgan fingerprint density at radius 3 is 2.69 bits per heavy atom. The van der Waals surface area contributed by atoms with Gasteiger partial charge >= 0.3 is 5.97 Å². The molecule has 16 heavy (non-hydrogen) atoms. The molecule has 5 nitrogen and oxygen atoms in total. The lowest BCUT2D eigenvalue weighted by atomic mass is 10.2. The standard InChI is InChI=1S/C10H10FNO4/c11-6-1-2-8(13)7(5-6)10(16)12-4-3-9(14)15/h1-2,5,13H,3-4H2,(H,12,16)(H,14,15). The number of hydrogen-bond acceptors (Lipinski definition) is 3.